The Bertz CT molecular complexity index is 343. The summed E-state index contributed by atoms with van der Waals surface area (Å²) in [7, 11) is 1.70. The van der Waals surface area contributed by atoms with Crippen LogP contribution in [0.15, 0.2) is 12.1 Å². The van der Waals surface area contributed by atoms with Crippen LogP contribution in [0.1, 0.15) is 29.6 Å². The van der Waals surface area contributed by atoms with Crippen molar-refractivity contribution in [3.8, 4) is 6.07 Å². The Morgan fingerprint density at radius 3 is 2.80 bits per heavy atom. The predicted octanol–water partition coefficient (Wildman–Crippen LogP) is 2.31. The zero-order valence-electron chi connectivity index (χ0n) is 9.28. The average Bonchev–Trinajstić information content (AvgIpc) is 2.66. The van der Waals surface area contributed by atoms with Crippen LogP contribution in [0.25, 0.3) is 0 Å². The zero-order chi connectivity index (χ0) is 11.3. The van der Waals surface area contributed by atoms with Crippen LogP contribution in [0.3, 0.4) is 0 Å². The molecular formula is C11H16N2OS. The Labute approximate surface area is 94.7 Å². The molecule has 1 aromatic rings. The third-order valence-electron chi connectivity index (χ3n) is 2.11. The van der Waals surface area contributed by atoms with E-state index in [4.69, 9.17) is 10.00 Å². The second-order valence-corrected chi connectivity index (χ2v) is 4.67. The normalized spacial score (nSPS) is 14.5. The van der Waals surface area contributed by atoms with Crippen molar-refractivity contribution >= 4 is 11.3 Å². The smallest absolute Gasteiger partial charge is 0.110 e. The summed E-state index contributed by atoms with van der Waals surface area (Å²) in [6.45, 7) is 4.87. The number of hydrogen-bond donors (Lipinski definition) is 1. The first-order valence-electron chi connectivity index (χ1n) is 4.92. The maximum absolute atomic E-state index is 8.72. The van der Waals surface area contributed by atoms with Crippen LogP contribution in [0.5, 0.6) is 0 Å². The molecule has 1 rings (SSSR count). The lowest BCUT2D eigenvalue weighted by molar-refractivity contribution is 0.168. The van der Waals surface area contributed by atoms with Gasteiger partial charge in [0.15, 0.2) is 0 Å². The van der Waals surface area contributed by atoms with E-state index in [2.05, 4.69) is 25.2 Å². The molecule has 0 aliphatic rings. The van der Waals surface area contributed by atoms with Crippen LogP contribution < -0.4 is 5.32 Å². The van der Waals surface area contributed by atoms with Gasteiger partial charge in [0, 0.05) is 24.1 Å². The van der Waals surface area contributed by atoms with Crippen molar-refractivity contribution in [1.82, 2.24) is 5.32 Å². The summed E-state index contributed by atoms with van der Waals surface area (Å²) < 4.78 is 5.06. The number of hydrogen-bond acceptors (Lipinski definition) is 4. The number of nitriles is 1. The van der Waals surface area contributed by atoms with Crippen LogP contribution in [0.4, 0.5) is 0 Å². The largest absolute Gasteiger partial charge is 0.383 e. The van der Waals surface area contributed by atoms with Crippen LogP contribution in [-0.4, -0.2) is 19.8 Å². The number of methoxy groups -OCH3 is 1. The fourth-order valence-electron chi connectivity index (χ4n) is 1.45. The van der Waals surface area contributed by atoms with E-state index in [1.54, 1.807) is 7.11 Å². The molecule has 0 aromatic carbocycles. The van der Waals surface area contributed by atoms with Gasteiger partial charge in [0.2, 0.25) is 0 Å². The van der Waals surface area contributed by atoms with Gasteiger partial charge < -0.3 is 10.1 Å². The van der Waals surface area contributed by atoms with Crippen LogP contribution >= 0.6 is 11.3 Å². The highest BCUT2D eigenvalue weighted by molar-refractivity contribution is 7.12. The maximum atomic E-state index is 8.72. The molecule has 2 atom stereocenters. The number of thiophene rings is 1. The highest BCUT2D eigenvalue weighted by atomic mass is 32.1. The van der Waals surface area contributed by atoms with Crippen molar-refractivity contribution in [1.29, 1.82) is 5.26 Å². The van der Waals surface area contributed by atoms with E-state index in [1.807, 2.05) is 12.1 Å². The molecule has 82 valence electrons. The monoisotopic (exact) mass is 224 g/mol. The molecule has 3 nitrogen and oxygen atoms in total. The first-order chi connectivity index (χ1) is 7.17. The molecule has 4 heteroatoms. The molecule has 1 heterocycles. The van der Waals surface area contributed by atoms with Crippen molar-refractivity contribution in [3.05, 3.63) is 21.9 Å². The summed E-state index contributed by atoms with van der Waals surface area (Å²) in [6, 6.07) is 6.59. The molecule has 0 aliphatic carbocycles. The van der Waals surface area contributed by atoms with E-state index in [0.717, 1.165) is 4.88 Å². The van der Waals surface area contributed by atoms with Crippen LogP contribution in [-0.2, 0) is 4.74 Å². The topological polar surface area (TPSA) is 45.0 Å². The number of nitrogens with zero attached hydrogens (tertiary/aromatic N) is 1. The molecule has 0 spiro atoms. The Morgan fingerprint density at radius 2 is 2.27 bits per heavy atom. The minimum atomic E-state index is 0.266. The summed E-state index contributed by atoms with van der Waals surface area (Å²) in [4.78, 5) is 1.95. The zero-order valence-corrected chi connectivity index (χ0v) is 10.1. The lowest BCUT2D eigenvalue weighted by Crippen LogP contribution is -2.32. The van der Waals surface area contributed by atoms with E-state index in [-0.39, 0.29) is 6.04 Å². The Hall–Kier alpha value is -0.890. The van der Waals surface area contributed by atoms with Gasteiger partial charge in [0.25, 0.3) is 0 Å². The second kappa shape index (κ2) is 5.86. The lowest BCUT2D eigenvalue weighted by atomic mass is 10.2. The van der Waals surface area contributed by atoms with Crippen molar-refractivity contribution in [2.75, 3.05) is 13.7 Å². The minimum Gasteiger partial charge on any atom is -0.383 e. The molecule has 0 fully saturated rings. The lowest BCUT2D eigenvalue weighted by Gasteiger charge is -2.18. The summed E-state index contributed by atoms with van der Waals surface area (Å²) in [6.07, 6.45) is 0. The molecule has 2 unspecified atom stereocenters. The molecule has 0 radical (unpaired) electrons. The standard InChI is InChI=1S/C11H16N2OS/c1-8(7-14-3)13-9(2)11-5-4-10(6-12)15-11/h4-5,8-9,13H,7H2,1-3H3. The van der Waals surface area contributed by atoms with E-state index >= 15 is 0 Å². The van der Waals surface area contributed by atoms with Gasteiger partial charge in [-0.1, -0.05) is 0 Å². The fraction of sp³-hybridized carbons (Fsp3) is 0.545. The molecule has 1 N–H and O–H groups in total. The van der Waals surface area contributed by atoms with Gasteiger partial charge in [-0.25, -0.2) is 0 Å². The number of ether oxygens (including phenoxy) is 1. The SMILES string of the molecule is COCC(C)NC(C)c1ccc(C#N)s1. The molecule has 15 heavy (non-hydrogen) atoms. The Morgan fingerprint density at radius 1 is 1.53 bits per heavy atom. The highest BCUT2D eigenvalue weighted by Gasteiger charge is 2.11. The van der Waals surface area contributed by atoms with E-state index in [1.165, 1.54) is 16.2 Å². The van der Waals surface area contributed by atoms with Gasteiger partial charge in [0.1, 0.15) is 10.9 Å². The number of rotatable bonds is 5. The van der Waals surface area contributed by atoms with Gasteiger partial charge >= 0.3 is 0 Å². The third kappa shape index (κ3) is 3.63. The fourth-order valence-corrected chi connectivity index (χ4v) is 2.27. The van der Waals surface area contributed by atoms with E-state index < -0.39 is 0 Å². The first-order valence-corrected chi connectivity index (χ1v) is 5.73. The Balaban J connectivity index is 2.53. The summed E-state index contributed by atoms with van der Waals surface area (Å²) in [5.41, 5.74) is 0. The predicted molar refractivity (Wildman–Crippen MR) is 61.9 cm³/mol. The van der Waals surface area contributed by atoms with Gasteiger partial charge in [-0.2, -0.15) is 5.26 Å². The minimum absolute atomic E-state index is 0.266. The van der Waals surface area contributed by atoms with Crippen LogP contribution in [0.2, 0.25) is 0 Å². The molecule has 0 bridgehead atoms. The third-order valence-corrected chi connectivity index (χ3v) is 3.29. The molecule has 1 aromatic heterocycles. The molecule has 0 saturated carbocycles. The molecule has 0 aliphatic heterocycles. The highest BCUT2D eigenvalue weighted by Crippen LogP contribution is 2.22. The quantitative estimate of drug-likeness (QED) is 0.834. The van der Waals surface area contributed by atoms with Gasteiger partial charge in [-0.05, 0) is 26.0 Å². The Kier molecular flexibility index (Phi) is 4.76. The number of nitrogens with one attached hydrogen (secondary N) is 1. The first kappa shape index (κ1) is 12.2. The van der Waals surface area contributed by atoms with Crippen molar-refractivity contribution in [2.24, 2.45) is 0 Å². The van der Waals surface area contributed by atoms with E-state index in [9.17, 15) is 0 Å². The van der Waals surface area contributed by atoms with Crippen LogP contribution in [0, 0.1) is 11.3 Å². The maximum Gasteiger partial charge on any atom is 0.110 e. The second-order valence-electron chi connectivity index (χ2n) is 3.56. The summed E-state index contributed by atoms with van der Waals surface area (Å²) in [5, 5.41) is 12.1. The molecule has 0 amide bonds. The van der Waals surface area contributed by atoms with Crippen molar-refractivity contribution < 1.29 is 4.74 Å². The van der Waals surface area contributed by atoms with Gasteiger partial charge in [-0.15, -0.1) is 11.3 Å². The van der Waals surface area contributed by atoms with Crippen molar-refractivity contribution in [2.45, 2.75) is 25.9 Å². The average molecular weight is 224 g/mol. The van der Waals surface area contributed by atoms with E-state index in [0.29, 0.717) is 12.6 Å². The summed E-state index contributed by atoms with van der Waals surface area (Å²) in [5.74, 6) is 0. The van der Waals surface area contributed by atoms with Gasteiger partial charge in [-0.3, -0.25) is 0 Å². The summed E-state index contributed by atoms with van der Waals surface area (Å²) >= 11 is 1.54. The van der Waals surface area contributed by atoms with Gasteiger partial charge in [0.05, 0.1) is 6.61 Å². The molecular weight excluding hydrogens is 208 g/mol. The van der Waals surface area contributed by atoms with Crippen molar-refractivity contribution in [3.63, 3.8) is 0 Å². The molecule has 0 saturated heterocycles.